The Morgan fingerprint density at radius 1 is 1.09 bits per heavy atom. The number of nitrogens with one attached hydrogen (secondary N) is 3. The van der Waals surface area contributed by atoms with E-state index in [1.54, 1.807) is 6.92 Å². The minimum Gasteiger partial charge on any atom is -0.466 e. The van der Waals surface area contributed by atoms with Crippen LogP contribution in [0.3, 0.4) is 0 Å². The Balaban J connectivity index is 1.38. The van der Waals surface area contributed by atoms with E-state index in [0.717, 1.165) is 25.9 Å². The first-order valence-electron chi connectivity index (χ1n) is 12.2. The van der Waals surface area contributed by atoms with Crippen molar-refractivity contribution in [2.24, 2.45) is 0 Å². The number of carbonyl (C=O) groups excluding carboxylic acids is 3. The monoisotopic (exact) mass is 480 g/mol. The molecule has 1 aliphatic heterocycles. The molecular weight excluding hydrogens is 444 g/mol. The quantitative estimate of drug-likeness (QED) is 0.357. The van der Waals surface area contributed by atoms with Gasteiger partial charge in [0.1, 0.15) is 6.04 Å². The summed E-state index contributed by atoms with van der Waals surface area (Å²) in [4.78, 5) is 37.9. The third-order valence-corrected chi connectivity index (χ3v) is 6.52. The fourth-order valence-electron chi connectivity index (χ4n) is 4.43. The van der Waals surface area contributed by atoms with Gasteiger partial charge in [-0.25, -0.2) is 4.79 Å². The number of ether oxygens (including phenoxy) is 1. The van der Waals surface area contributed by atoms with Crippen LogP contribution < -0.4 is 16.0 Å². The molecular formula is C27H36N4O4. The molecule has 1 aliphatic rings. The summed E-state index contributed by atoms with van der Waals surface area (Å²) in [6.45, 7) is 6.17. The highest BCUT2D eigenvalue weighted by Crippen LogP contribution is 2.29. The zero-order valence-corrected chi connectivity index (χ0v) is 20.8. The number of likely N-dealkylation sites (tertiary alicyclic amines) is 1. The van der Waals surface area contributed by atoms with Crippen LogP contribution >= 0.6 is 0 Å². The number of benzene rings is 2. The SMILES string of the molecule is COC(=O)/C=C/CNC(=O)C(C)NC(=O)CNC1CCN(C(C)c2cccc3ccccc23)CC1. The third-order valence-electron chi connectivity index (χ3n) is 6.52. The number of fused-ring (bicyclic) bond motifs is 1. The van der Waals surface area contributed by atoms with Crippen molar-refractivity contribution >= 4 is 28.6 Å². The van der Waals surface area contributed by atoms with Crippen LogP contribution in [0.4, 0.5) is 0 Å². The smallest absolute Gasteiger partial charge is 0.330 e. The first kappa shape index (κ1) is 26.4. The van der Waals surface area contributed by atoms with Crippen molar-refractivity contribution in [3.8, 4) is 0 Å². The molecule has 3 rings (SSSR count). The Morgan fingerprint density at radius 2 is 1.80 bits per heavy atom. The largest absolute Gasteiger partial charge is 0.466 e. The first-order chi connectivity index (χ1) is 16.9. The van der Waals surface area contributed by atoms with Gasteiger partial charge >= 0.3 is 5.97 Å². The standard InChI is InChI=1S/C27H36N4O4/c1-19(27(34)28-15-7-12-26(33)35-3)30-25(32)18-29-22-13-16-31(17-14-22)20(2)23-11-6-9-21-8-4-5-10-24(21)23/h4-12,19-20,22,29H,13-18H2,1-3H3,(H,28,34)(H,30,32)/b12-7+. The molecule has 8 heteroatoms. The third kappa shape index (κ3) is 7.63. The molecule has 2 atom stereocenters. The van der Waals surface area contributed by atoms with Crippen LogP contribution in [0.1, 0.15) is 38.3 Å². The topological polar surface area (TPSA) is 99.8 Å². The maximum absolute atomic E-state index is 12.3. The average molecular weight is 481 g/mol. The summed E-state index contributed by atoms with van der Waals surface area (Å²) in [7, 11) is 1.28. The van der Waals surface area contributed by atoms with Crippen LogP contribution in [-0.2, 0) is 19.1 Å². The predicted octanol–water partition coefficient (Wildman–Crippen LogP) is 2.30. The minimum atomic E-state index is -0.667. The number of amides is 2. The van der Waals surface area contributed by atoms with Crippen LogP contribution in [-0.4, -0.2) is 68.1 Å². The molecule has 0 bridgehead atoms. The highest BCUT2D eigenvalue weighted by molar-refractivity contribution is 5.88. The zero-order valence-electron chi connectivity index (χ0n) is 20.8. The van der Waals surface area contributed by atoms with Gasteiger partial charge in [0, 0.05) is 37.8 Å². The van der Waals surface area contributed by atoms with E-state index in [1.165, 1.54) is 35.6 Å². The lowest BCUT2D eigenvalue weighted by Gasteiger charge is -2.37. The summed E-state index contributed by atoms with van der Waals surface area (Å²) in [6.07, 6.45) is 4.66. The van der Waals surface area contributed by atoms with E-state index in [-0.39, 0.29) is 30.9 Å². The van der Waals surface area contributed by atoms with Crippen molar-refractivity contribution in [1.82, 2.24) is 20.9 Å². The van der Waals surface area contributed by atoms with Gasteiger partial charge in [-0.05, 0) is 43.0 Å². The normalized spacial score (nSPS) is 16.7. The number of hydrogen-bond acceptors (Lipinski definition) is 6. The van der Waals surface area contributed by atoms with Crippen LogP contribution in [0, 0.1) is 0 Å². The number of hydrogen-bond donors (Lipinski definition) is 3. The molecule has 2 amide bonds. The van der Waals surface area contributed by atoms with Crippen molar-refractivity contribution in [3.05, 3.63) is 60.2 Å². The van der Waals surface area contributed by atoms with Crippen LogP contribution in [0.15, 0.2) is 54.6 Å². The van der Waals surface area contributed by atoms with E-state index in [9.17, 15) is 14.4 Å². The molecule has 2 aromatic carbocycles. The van der Waals surface area contributed by atoms with Gasteiger partial charge < -0.3 is 20.7 Å². The summed E-state index contributed by atoms with van der Waals surface area (Å²) in [5, 5.41) is 11.2. The fraction of sp³-hybridized carbons (Fsp3) is 0.444. The van der Waals surface area contributed by atoms with E-state index in [0.29, 0.717) is 6.04 Å². The second kappa shape index (κ2) is 13.0. The maximum atomic E-state index is 12.3. The molecule has 8 nitrogen and oxygen atoms in total. The molecule has 1 fully saturated rings. The van der Waals surface area contributed by atoms with E-state index in [4.69, 9.17) is 0 Å². The van der Waals surface area contributed by atoms with Gasteiger partial charge in [-0.3, -0.25) is 14.5 Å². The average Bonchev–Trinajstić information content (AvgIpc) is 2.89. The van der Waals surface area contributed by atoms with Crippen LogP contribution in [0.25, 0.3) is 10.8 Å². The Morgan fingerprint density at radius 3 is 2.54 bits per heavy atom. The molecule has 188 valence electrons. The minimum absolute atomic E-state index is 0.170. The Kier molecular flexibility index (Phi) is 9.81. The second-order valence-electron chi connectivity index (χ2n) is 8.90. The maximum Gasteiger partial charge on any atom is 0.330 e. The fourth-order valence-corrected chi connectivity index (χ4v) is 4.43. The van der Waals surface area contributed by atoms with Crippen molar-refractivity contribution < 1.29 is 19.1 Å². The summed E-state index contributed by atoms with van der Waals surface area (Å²) in [5.41, 5.74) is 1.35. The molecule has 0 radical (unpaired) electrons. The van der Waals surface area contributed by atoms with Gasteiger partial charge in [0.15, 0.2) is 0 Å². The van der Waals surface area contributed by atoms with Gasteiger partial charge in [0.25, 0.3) is 0 Å². The molecule has 1 heterocycles. The number of piperidine rings is 1. The Bertz CT molecular complexity index is 1040. The van der Waals surface area contributed by atoms with E-state index >= 15 is 0 Å². The van der Waals surface area contributed by atoms with Crippen LogP contribution in [0.5, 0.6) is 0 Å². The number of carbonyl (C=O) groups is 3. The van der Waals surface area contributed by atoms with Crippen molar-refractivity contribution in [2.75, 3.05) is 33.3 Å². The van der Waals surface area contributed by atoms with Crippen molar-refractivity contribution in [2.45, 2.75) is 44.8 Å². The molecule has 0 spiro atoms. The molecule has 2 unspecified atom stereocenters. The number of methoxy groups -OCH3 is 1. The summed E-state index contributed by atoms with van der Waals surface area (Å²) in [6, 6.07) is 14.9. The predicted molar refractivity (Wildman–Crippen MR) is 137 cm³/mol. The highest BCUT2D eigenvalue weighted by atomic mass is 16.5. The molecule has 2 aromatic rings. The summed E-state index contributed by atoms with van der Waals surface area (Å²) < 4.78 is 4.48. The van der Waals surface area contributed by atoms with E-state index < -0.39 is 12.0 Å². The highest BCUT2D eigenvalue weighted by Gasteiger charge is 2.25. The lowest BCUT2D eigenvalue weighted by Crippen LogP contribution is -2.50. The van der Waals surface area contributed by atoms with Gasteiger partial charge in [-0.2, -0.15) is 0 Å². The Hall–Kier alpha value is -3.23. The Labute approximate surface area is 207 Å². The van der Waals surface area contributed by atoms with Crippen molar-refractivity contribution in [1.29, 1.82) is 0 Å². The van der Waals surface area contributed by atoms with E-state index in [2.05, 4.69) is 75.0 Å². The second-order valence-corrected chi connectivity index (χ2v) is 8.90. The first-order valence-corrected chi connectivity index (χ1v) is 12.2. The van der Waals surface area contributed by atoms with Crippen molar-refractivity contribution in [3.63, 3.8) is 0 Å². The molecule has 0 saturated carbocycles. The summed E-state index contributed by atoms with van der Waals surface area (Å²) in [5.74, 6) is -1.02. The van der Waals surface area contributed by atoms with E-state index in [1.807, 2.05) is 0 Å². The molecule has 35 heavy (non-hydrogen) atoms. The lowest BCUT2D eigenvalue weighted by atomic mass is 9.96. The zero-order chi connectivity index (χ0) is 25.2. The molecule has 0 aliphatic carbocycles. The molecule has 0 aromatic heterocycles. The number of nitrogens with zero attached hydrogens (tertiary/aromatic N) is 1. The molecule has 3 N–H and O–H groups in total. The van der Waals surface area contributed by atoms with Crippen LogP contribution in [0.2, 0.25) is 0 Å². The van der Waals surface area contributed by atoms with Gasteiger partial charge in [0.05, 0.1) is 13.7 Å². The van der Waals surface area contributed by atoms with Gasteiger partial charge in [-0.1, -0.05) is 48.5 Å². The molecule has 1 saturated heterocycles. The number of esters is 1. The number of rotatable bonds is 10. The van der Waals surface area contributed by atoms with Gasteiger partial charge in [-0.15, -0.1) is 0 Å². The lowest BCUT2D eigenvalue weighted by molar-refractivity contribution is -0.134. The summed E-state index contributed by atoms with van der Waals surface area (Å²) >= 11 is 0. The van der Waals surface area contributed by atoms with Gasteiger partial charge in [0.2, 0.25) is 11.8 Å².